The van der Waals surface area contributed by atoms with Crippen molar-refractivity contribution in [3.8, 4) is 0 Å². The molecule has 0 bridgehead atoms. The van der Waals surface area contributed by atoms with E-state index in [4.69, 9.17) is 34.8 Å². The molecule has 0 spiro atoms. The standard InChI is InChI=1S/C20H18Cl3N3O3S/c21-13-6-5-12(15(22)8-13)11-24-20(27)14-9-18-17(10-16(14)23)26-7-3-1-2-4-19(26)25-30(18,28)29/h5-6,8-10H,1-4,7,11H2,(H,24,27). The molecule has 2 aliphatic rings. The summed E-state index contributed by atoms with van der Waals surface area (Å²) in [6.45, 7) is 0.807. The van der Waals surface area contributed by atoms with Crippen LogP contribution in [0.2, 0.25) is 15.1 Å². The van der Waals surface area contributed by atoms with Crippen LogP contribution < -0.4 is 10.2 Å². The molecule has 1 saturated heterocycles. The van der Waals surface area contributed by atoms with Crippen LogP contribution in [0.25, 0.3) is 0 Å². The second-order valence-corrected chi connectivity index (χ2v) is 9.99. The summed E-state index contributed by atoms with van der Waals surface area (Å²) in [7, 11) is -3.91. The fourth-order valence-electron chi connectivity index (χ4n) is 3.61. The molecule has 4 rings (SSSR count). The highest BCUT2D eigenvalue weighted by Crippen LogP contribution is 2.38. The van der Waals surface area contributed by atoms with E-state index < -0.39 is 15.9 Å². The van der Waals surface area contributed by atoms with Gasteiger partial charge in [-0.2, -0.15) is 8.42 Å². The van der Waals surface area contributed by atoms with Gasteiger partial charge in [0, 0.05) is 29.6 Å². The summed E-state index contributed by atoms with van der Waals surface area (Å²) in [4.78, 5) is 14.6. The lowest BCUT2D eigenvalue weighted by molar-refractivity contribution is 0.0951. The molecule has 1 amide bonds. The van der Waals surface area contributed by atoms with Gasteiger partial charge in [0.05, 0.1) is 16.3 Å². The molecule has 0 atom stereocenters. The number of fused-ring (bicyclic) bond motifs is 3. The Kier molecular flexibility index (Phi) is 5.99. The van der Waals surface area contributed by atoms with Gasteiger partial charge in [0.1, 0.15) is 10.7 Å². The third-order valence-electron chi connectivity index (χ3n) is 5.14. The summed E-state index contributed by atoms with van der Waals surface area (Å²) in [6, 6.07) is 7.80. The Morgan fingerprint density at radius 2 is 1.87 bits per heavy atom. The minimum atomic E-state index is -3.91. The molecule has 10 heteroatoms. The van der Waals surface area contributed by atoms with Crippen molar-refractivity contribution in [3.05, 3.63) is 56.5 Å². The van der Waals surface area contributed by atoms with Gasteiger partial charge in [-0.15, -0.1) is 4.40 Å². The predicted molar refractivity (Wildman–Crippen MR) is 120 cm³/mol. The zero-order valence-electron chi connectivity index (χ0n) is 15.8. The number of nitrogens with one attached hydrogen (secondary N) is 1. The van der Waals surface area contributed by atoms with Crippen LogP contribution in [0.5, 0.6) is 0 Å². The fourth-order valence-corrected chi connectivity index (χ4v) is 5.59. The number of rotatable bonds is 3. The first-order chi connectivity index (χ1) is 14.3. The molecular weight excluding hydrogens is 469 g/mol. The second-order valence-electron chi connectivity index (χ2n) is 7.16. The monoisotopic (exact) mass is 485 g/mol. The van der Waals surface area contributed by atoms with Gasteiger partial charge < -0.3 is 10.2 Å². The van der Waals surface area contributed by atoms with Gasteiger partial charge >= 0.3 is 0 Å². The molecule has 1 fully saturated rings. The van der Waals surface area contributed by atoms with E-state index in [0.29, 0.717) is 40.1 Å². The Bertz CT molecular complexity index is 1170. The molecule has 158 valence electrons. The Hall–Kier alpha value is -1.80. The van der Waals surface area contributed by atoms with Crippen molar-refractivity contribution in [2.45, 2.75) is 37.1 Å². The molecule has 2 aromatic rings. The molecule has 0 radical (unpaired) electrons. The number of sulfonamides is 1. The van der Waals surface area contributed by atoms with E-state index in [-0.39, 0.29) is 22.0 Å². The first kappa shape index (κ1) is 21.4. The van der Waals surface area contributed by atoms with Crippen LogP contribution in [-0.4, -0.2) is 26.7 Å². The van der Waals surface area contributed by atoms with Crippen molar-refractivity contribution >= 4 is 62.3 Å². The van der Waals surface area contributed by atoms with Gasteiger partial charge in [-0.3, -0.25) is 4.79 Å². The molecular formula is C20H18Cl3N3O3S. The fraction of sp³-hybridized carbons (Fsp3) is 0.300. The molecule has 2 heterocycles. The molecule has 6 nitrogen and oxygen atoms in total. The normalized spacial score (nSPS) is 17.4. The largest absolute Gasteiger partial charge is 0.348 e. The molecule has 1 N–H and O–H groups in total. The van der Waals surface area contributed by atoms with Crippen LogP contribution in [-0.2, 0) is 16.6 Å². The molecule has 0 aliphatic carbocycles. The third kappa shape index (κ3) is 4.17. The lowest BCUT2D eigenvalue weighted by atomic mass is 10.1. The molecule has 2 aliphatic heterocycles. The number of carbonyl (C=O) groups excluding carboxylic acids is 1. The highest BCUT2D eigenvalue weighted by Gasteiger charge is 2.33. The summed E-state index contributed by atoms with van der Waals surface area (Å²) in [5.74, 6) is 0.0281. The van der Waals surface area contributed by atoms with Crippen molar-refractivity contribution in [2.75, 3.05) is 11.4 Å². The number of nitrogens with zero attached hydrogens (tertiary/aromatic N) is 2. The Labute approximate surface area is 189 Å². The van der Waals surface area contributed by atoms with Crippen LogP contribution in [0.4, 0.5) is 5.69 Å². The Balaban J connectivity index is 1.64. The zero-order valence-corrected chi connectivity index (χ0v) is 18.9. The highest BCUT2D eigenvalue weighted by molar-refractivity contribution is 7.90. The van der Waals surface area contributed by atoms with E-state index in [1.165, 1.54) is 6.07 Å². The van der Waals surface area contributed by atoms with Crippen LogP contribution in [0.3, 0.4) is 0 Å². The summed E-state index contributed by atoms with van der Waals surface area (Å²) >= 11 is 18.4. The van der Waals surface area contributed by atoms with Crippen molar-refractivity contribution in [3.63, 3.8) is 0 Å². The van der Waals surface area contributed by atoms with Crippen molar-refractivity contribution in [1.82, 2.24) is 5.32 Å². The number of halogens is 3. The number of amidine groups is 1. The summed E-state index contributed by atoms with van der Waals surface area (Å²) in [5.41, 5.74) is 1.22. The lowest BCUT2D eigenvalue weighted by Crippen LogP contribution is -2.35. The molecule has 0 aromatic heterocycles. The number of carbonyl (C=O) groups is 1. The van der Waals surface area contributed by atoms with Crippen LogP contribution in [0.15, 0.2) is 39.6 Å². The highest BCUT2D eigenvalue weighted by atomic mass is 35.5. The number of hydrogen-bond acceptors (Lipinski definition) is 4. The van der Waals surface area contributed by atoms with E-state index >= 15 is 0 Å². The van der Waals surface area contributed by atoms with Crippen molar-refractivity contribution in [1.29, 1.82) is 0 Å². The second kappa shape index (κ2) is 8.38. The average molecular weight is 487 g/mol. The number of hydrogen-bond donors (Lipinski definition) is 1. The third-order valence-corrected chi connectivity index (χ3v) is 7.37. The smallest absolute Gasteiger partial charge is 0.286 e. The van der Waals surface area contributed by atoms with E-state index in [0.717, 1.165) is 19.3 Å². The molecule has 2 aromatic carbocycles. The maximum Gasteiger partial charge on any atom is 0.286 e. The predicted octanol–water partition coefficient (Wildman–Crippen LogP) is 5.06. The number of amides is 1. The quantitative estimate of drug-likeness (QED) is 0.658. The van der Waals surface area contributed by atoms with Crippen LogP contribution in [0, 0.1) is 0 Å². The topological polar surface area (TPSA) is 78.8 Å². The number of anilines is 1. The lowest BCUT2D eigenvalue weighted by Gasteiger charge is -2.30. The van der Waals surface area contributed by atoms with Gasteiger partial charge in [-0.05, 0) is 42.7 Å². The van der Waals surface area contributed by atoms with Gasteiger partial charge in [0.2, 0.25) is 0 Å². The van der Waals surface area contributed by atoms with E-state index in [1.807, 2.05) is 4.90 Å². The molecule has 0 unspecified atom stereocenters. The minimum absolute atomic E-state index is 0.00720. The van der Waals surface area contributed by atoms with E-state index in [1.54, 1.807) is 24.3 Å². The summed E-state index contributed by atoms with van der Waals surface area (Å²) < 4.78 is 29.5. The zero-order chi connectivity index (χ0) is 21.5. The van der Waals surface area contributed by atoms with Gasteiger partial charge in [0.15, 0.2) is 0 Å². The maximum atomic E-state index is 12.8. The number of benzene rings is 2. The van der Waals surface area contributed by atoms with E-state index in [9.17, 15) is 13.2 Å². The SMILES string of the molecule is O=C(NCc1ccc(Cl)cc1Cl)c1cc2c(cc1Cl)N1CCCCCC1=NS2(=O)=O. The van der Waals surface area contributed by atoms with E-state index in [2.05, 4.69) is 9.71 Å². The average Bonchev–Trinajstić information content (AvgIpc) is 2.91. The van der Waals surface area contributed by atoms with Gasteiger partial charge in [-0.1, -0.05) is 47.3 Å². The van der Waals surface area contributed by atoms with Gasteiger partial charge in [0.25, 0.3) is 15.9 Å². The Morgan fingerprint density at radius 3 is 2.63 bits per heavy atom. The van der Waals surface area contributed by atoms with Crippen molar-refractivity contribution < 1.29 is 13.2 Å². The van der Waals surface area contributed by atoms with Gasteiger partial charge in [-0.25, -0.2) is 0 Å². The molecule has 30 heavy (non-hydrogen) atoms. The summed E-state index contributed by atoms with van der Waals surface area (Å²) in [5, 5.41) is 3.81. The first-order valence-corrected chi connectivity index (χ1v) is 12.0. The summed E-state index contributed by atoms with van der Waals surface area (Å²) in [6.07, 6.45) is 3.43. The molecule has 0 saturated carbocycles. The maximum absolute atomic E-state index is 12.8. The van der Waals surface area contributed by atoms with Crippen molar-refractivity contribution in [2.24, 2.45) is 4.40 Å². The van der Waals surface area contributed by atoms with Crippen LogP contribution >= 0.6 is 34.8 Å². The Morgan fingerprint density at radius 1 is 1.07 bits per heavy atom. The van der Waals surface area contributed by atoms with Crippen LogP contribution in [0.1, 0.15) is 41.6 Å². The minimum Gasteiger partial charge on any atom is -0.348 e. The first-order valence-electron chi connectivity index (χ1n) is 9.43.